The molecule has 2 aliphatic carbocycles. The van der Waals surface area contributed by atoms with E-state index in [1.54, 1.807) is 0 Å². The van der Waals surface area contributed by atoms with Crippen molar-refractivity contribution < 1.29 is 13.2 Å². The second kappa shape index (κ2) is 6.75. The summed E-state index contributed by atoms with van der Waals surface area (Å²) in [6, 6.07) is 16.6. The maximum atomic E-state index is 12.3. The van der Waals surface area contributed by atoms with Crippen molar-refractivity contribution in [2.75, 3.05) is 0 Å². The molecule has 0 radical (unpaired) electrons. The number of fused-ring (bicyclic) bond motifs is 1. The lowest BCUT2D eigenvalue weighted by Gasteiger charge is -2.40. The Morgan fingerprint density at radius 2 is 1.75 bits per heavy atom. The van der Waals surface area contributed by atoms with Crippen LogP contribution in [0.5, 0.6) is 5.75 Å². The Labute approximate surface area is 166 Å². The Morgan fingerprint density at radius 1 is 1.00 bits per heavy atom. The van der Waals surface area contributed by atoms with Gasteiger partial charge in [-0.25, -0.2) is 13.1 Å². The van der Waals surface area contributed by atoms with Gasteiger partial charge < -0.3 is 4.74 Å². The number of rotatable bonds is 3. The number of nitrogens with one attached hydrogen (secondary N) is 1. The molecule has 3 atom stereocenters. The van der Waals surface area contributed by atoms with Gasteiger partial charge in [0.25, 0.3) is 0 Å². The fourth-order valence-corrected chi connectivity index (χ4v) is 6.75. The van der Waals surface area contributed by atoms with E-state index in [4.69, 9.17) is 4.74 Å². The van der Waals surface area contributed by atoms with Gasteiger partial charge in [0.1, 0.15) is 12.4 Å². The van der Waals surface area contributed by atoms with Gasteiger partial charge in [-0.2, -0.15) is 0 Å². The molecule has 5 rings (SSSR count). The minimum Gasteiger partial charge on any atom is -0.489 e. The van der Waals surface area contributed by atoms with Crippen molar-refractivity contribution in [2.45, 2.75) is 44.2 Å². The van der Waals surface area contributed by atoms with E-state index >= 15 is 0 Å². The molecule has 1 aliphatic heterocycles. The summed E-state index contributed by atoms with van der Waals surface area (Å²) in [5.41, 5.74) is 3.48. The molecule has 28 heavy (non-hydrogen) atoms. The molecule has 1 heterocycles. The summed E-state index contributed by atoms with van der Waals surface area (Å²) in [5.74, 6) is 1.58. The van der Waals surface area contributed by atoms with E-state index in [0.717, 1.165) is 43.4 Å². The van der Waals surface area contributed by atoms with Crippen LogP contribution in [-0.4, -0.2) is 14.0 Å². The van der Waals surface area contributed by atoms with Gasteiger partial charge in [0, 0.05) is 10.9 Å². The minimum atomic E-state index is -3.32. The smallest absolute Gasteiger partial charge is 0.233 e. The molecule has 3 aliphatic rings. The summed E-state index contributed by atoms with van der Waals surface area (Å²) < 4.78 is 33.7. The van der Waals surface area contributed by atoms with E-state index in [9.17, 15) is 8.42 Å². The molecule has 5 heteroatoms. The third kappa shape index (κ3) is 3.16. The van der Waals surface area contributed by atoms with E-state index in [2.05, 4.69) is 35.1 Å². The standard InChI is InChI=1S/C23H25NO3S/c25-28(26)12-4-11-23(24-28)20-8-9-21(23)14-19-15-22(10-7-18(19)13-20)27-16-17-5-2-1-3-6-17/h1-7,10,12,15,20-21,24H,8-9,11,13-14,16H2/t20-,21+,23-/m1/s1. The van der Waals surface area contributed by atoms with Crippen molar-refractivity contribution in [1.82, 2.24) is 4.72 Å². The quantitative estimate of drug-likeness (QED) is 0.856. The van der Waals surface area contributed by atoms with Crippen molar-refractivity contribution in [2.24, 2.45) is 11.8 Å². The van der Waals surface area contributed by atoms with Gasteiger partial charge in [-0.1, -0.05) is 42.5 Å². The molecular formula is C23H25NO3S. The van der Waals surface area contributed by atoms with Crippen molar-refractivity contribution in [1.29, 1.82) is 0 Å². The van der Waals surface area contributed by atoms with Crippen molar-refractivity contribution in [3.8, 4) is 5.75 Å². The summed E-state index contributed by atoms with van der Waals surface area (Å²) in [7, 11) is -3.32. The highest BCUT2D eigenvalue weighted by Gasteiger charge is 2.53. The third-order valence-corrected chi connectivity index (χ3v) is 7.96. The molecule has 0 saturated heterocycles. The first kappa shape index (κ1) is 18.0. The third-order valence-electron chi connectivity index (χ3n) is 6.74. The summed E-state index contributed by atoms with van der Waals surface area (Å²) in [6.45, 7) is 0.556. The van der Waals surface area contributed by atoms with Crippen LogP contribution in [-0.2, 0) is 29.5 Å². The molecule has 0 amide bonds. The van der Waals surface area contributed by atoms with Crippen LogP contribution < -0.4 is 9.46 Å². The summed E-state index contributed by atoms with van der Waals surface area (Å²) in [6.07, 6.45) is 6.66. The molecule has 1 N–H and O–H groups in total. The Bertz CT molecular complexity index is 1020. The van der Waals surface area contributed by atoms with Gasteiger partial charge in [-0.3, -0.25) is 0 Å². The van der Waals surface area contributed by atoms with E-state index in [-0.39, 0.29) is 5.54 Å². The lowest BCUT2D eigenvalue weighted by atomic mass is 9.77. The van der Waals surface area contributed by atoms with Crippen LogP contribution in [0.1, 0.15) is 36.0 Å². The van der Waals surface area contributed by atoms with Crippen molar-refractivity contribution in [3.63, 3.8) is 0 Å². The lowest BCUT2D eigenvalue weighted by Crippen LogP contribution is -2.56. The molecule has 146 valence electrons. The average molecular weight is 396 g/mol. The summed E-state index contributed by atoms with van der Waals surface area (Å²) >= 11 is 0. The Kier molecular flexibility index (Phi) is 4.33. The average Bonchev–Trinajstić information content (AvgIpc) is 2.90. The lowest BCUT2D eigenvalue weighted by molar-refractivity contribution is 0.223. The monoisotopic (exact) mass is 395 g/mol. The molecule has 1 spiro atoms. The SMILES string of the molecule is O=S1(=O)C=CC[C@@]2(N1)[C@@H]1CC[C@H]2Cc2cc(OCc3ccccc3)ccc2C1. The maximum Gasteiger partial charge on any atom is 0.233 e. The number of ether oxygens (including phenoxy) is 1. The topological polar surface area (TPSA) is 55.4 Å². The Balaban J connectivity index is 1.40. The first-order valence-electron chi connectivity index (χ1n) is 10.0. The van der Waals surface area contributed by atoms with Gasteiger partial charge >= 0.3 is 0 Å². The van der Waals surface area contributed by atoms with Crippen LogP contribution >= 0.6 is 0 Å². The van der Waals surface area contributed by atoms with Crippen LogP contribution in [0.4, 0.5) is 0 Å². The largest absolute Gasteiger partial charge is 0.489 e. The van der Waals surface area contributed by atoms with Crippen LogP contribution in [0.15, 0.2) is 60.0 Å². The van der Waals surface area contributed by atoms with Gasteiger partial charge in [-0.15, -0.1) is 0 Å². The number of hydrogen-bond donors (Lipinski definition) is 1. The highest BCUT2D eigenvalue weighted by Crippen LogP contribution is 2.50. The van der Waals surface area contributed by atoms with Gasteiger partial charge in [0.05, 0.1) is 0 Å². The number of sulfonamides is 1. The first-order chi connectivity index (χ1) is 13.5. The molecule has 4 nitrogen and oxygen atoms in total. The molecule has 2 bridgehead atoms. The predicted molar refractivity (Wildman–Crippen MR) is 109 cm³/mol. The van der Waals surface area contributed by atoms with E-state index < -0.39 is 10.0 Å². The molecule has 2 aromatic carbocycles. The van der Waals surface area contributed by atoms with Crippen LogP contribution in [0, 0.1) is 11.8 Å². The second-order valence-electron chi connectivity index (χ2n) is 8.35. The molecular weight excluding hydrogens is 370 g/mol. The number of benzene rings is 2. The van der Waals surface area contributed by atoms with Crippen LogP contribution in [0.2, 0.25) is 0 Å². The fraction of sp³-hybridized carbons (Fsp3) is 0.391. The summed E-state index contributed by atoms with van der Waals surface area (Å²) in [5, 5.41) is 1.32. The fourth-order valence-electron chi connectivity index (χ4n) is 5.38. The molecule has 2 aromatic rings. The van der Waals surface area contributed by atoms with Crippen LogP contribution in [0.3, 0.4) is 0 Å². The second-order valence-corrected chi connectivity index (χ2v) is 9.91. The zero-order chi connectivity index (χ0) is 19.2. The normalized spacial score (nSPS) is 30.0. The van der Waals surface area contributed by atoms with Crippen molar-refractivity contribution in [3.05, 3.63) is 76.7 Å². The predicted octanol–water partition coefficient (Wildman–Crippen LogP) is 3.97. The summed E-state index contributed by atoms with van der Waals surface area (Å²) in [4.78, 5) is 0. The van der Waals surface area contributed by atoms with Crippen LogP contribution in [0.25, 0.3) is 0 Å². The van der Waals surface area contributed by atoms with Gasteiger partial charge in [0.2, 0.25) is 10.0 Å². The molecule has 0 aromatic heterocycles. The molecule has 1 saturated carbocycles. The number of hydrogen-bond acceptors (Lipinski definition) is 3. The van der Waals surface area contributed by atoms with Gasteiger partial charge in [0.15, 0.2) is 0 Å². The zero-order valence-electron chi connectivity index (χ0n) is 15.8. The maximum absolute atomic E-state index is 12.3. The van der Waals surface area contributed by atoms with E-state index in [1.807, 2.05) is 24.3 Å². The molecule has 0 unspecified atom stereocenters. The Hall–Kier alpha value is -2.11. The zero-order valence-corrected chi connectivity index (χ0v) is 16.6. The highest BCUT2D eigenvalue weighted by molar-refractivity contribution is 7.92. The minimum absolute atomic E-state index is 0.322. The highest BCUT2D eigenvalue weighted by atomic mass is 32.2. The first-order valence-corrected chi connectivity index (χ1v) is 11.6. The van der Waals surface area contributed by atoms with E-state index in [1.165, 1.54) is 16.5 Å². The van der Waals surface area contributed by atoms with Gasteiger partial charge in [-0.05, 0) is 72.8 Å². The van der Waals surface area contributed by atoms with E-state index in [0.29, 0.717) is 18.4 Å². The molecule has 1 fully saturated rings. The Morgan fingerprint density at radius 3 is 2.50 bits per heavy atom. The van der Waals surface area contributed by atoms with Crippen molar-refractivity contribution >= 4 is 10.0 Å².